The molecule has 4 heteroatoms. The van der Waals surface area contributed by atoms with Gasteiger partial charge in [0.25, 0.3) is 0 Å². The third-order valence-electron chi connectivity index (χ3n) is 2.67. The summed E-state index contributed by atoms with van der Waals surface area (Å²) in [5.41, 5.74) is 6.42. The second-order valence-electron chi connectivity index (χ2n) is 3.84. The summed E-state index contributed by atoms with van der Waals surface area (Å²) in [6.45, 7) is 0. The van der Waals surface area contributed by atoms with Gasteiger partial charge >= 0.3 is 0 Å². The Bertz CT molecular complexity index is 363. The summed E-state index contributed by atoms with van der Waals surface area (Å²) in [5, 5.41) is 9.22. The standard InChI is InChI=1S/C10H11BrFNO/c11-9-3-6(12)1-2-8(9)10(13)4-7(14)5-10/h1-3,7,14H,4-5,13H2. The molecule has 0 spiro atoms. The number of aliphatic hydroxyl groups is 1. The maximum absolute atomic E-state index is 12.8. The summed E-state index contributed by atoms with van der Waals surface area (Å²) in [6, 6.07) is 4.46. The molecule has 1 aliphatic carbocycles. The second kappa shape index (κ2) is 3.29. The van der Waals surface area contributed by atoms with Crippen LogP contribution in [0.15, 0.2) is 22.7 Å². The lowest BCUT2D eigenvalue weighted by molar-refractivity contribution is 0.0206. The molecule has 0 atom stereocenters. The summed E-state index contributed by atoms with van der Waals surface area (Å²) in [4.78, 5) is 0. The summed E-state index contributed by atoms with van der Waals surface area (Å²) >= 11 is 3.28. The zero-order valence-electron chi connectivity index (χ0n) is 7.50. The monoisotopic (exact) mass is 259 g/mol. The van der Waals surface area contributed by atoms with Gasteiger partial charge < -0.3 is 10.8 Å². The highest BCUT2D eigenvalue weighted by Gasteiger charge is 2.42. The van der Waals surface area contributed by atoms with Crippen LogP contribution in [0.5, 0.6) is 0 Å². The predicted octanol–water partition coefficient (Wildman–Crippen LogP) is 1.90. The Hall–Kier alpha value is -0.450. The molecule has 0 radical (unpaired) electrons. The first-order valence-corrected chi connectivity index (χ1v) is 5.23. The van der Waals surface area contributed by atoms with Crippen molar-refractivity contribution in [1.29, 1.82) is 0 Å². The SMILES string of the molecule is NC1(c2ccc(F)cc2Br)CC(O)C1. The molecular formula is C10H11BrFNO. The van der Waals surface area contributed by atoms with Crippen LogP contribution in [-0.2, 0) is 5.54 Å². The van der Waals surface area contributed by atoms with Crippen LogP contribution in [-0.4, -0.2) is 11.2 Å². The normalized spacial score (nSPS) is 31.3. The minimum atomic E-state index is -0.494. The maximum Gasteiger partial charge on any atom is 0.124 e. The molecule has 2 nitrogen and oxygen atoms in total. The van der Waals surface area contributed by atoms with Gasteiger partial charge in [-0.3, -0.25) is 0 Å². The number of halogens is 2. The highest BCUT2D eigenvalue weighted by Crippen LogP contribution is 2.41. The lowest BCUT2D eigenvalue weighted by atomic mass is 9.71. The van der Waals surface area contributed by atoms with Gasteiger partial charge in [-0.05, 0) is 30.5 Å². The van der Waals surface area contributed by atoms with Crippen LogP contribution in [0.25, 0.3) is 0 Å². The van der Waals surface area contributed by atoms with Gasteiger partial charge in [0.2, 0.25) is 0 Å². The smallest absolute Gasteiger partial charge is 0.124 e. The van der Waals surface area contributed by atoms with Crippen molar-refractivity contribution in [2.24, 2.45) is 5.73 Å². The van der Waals surface area contributed by atoms with Crippen molar-refractivity contribution in [3.8, 4) is 0 Å². The Balaban J connectivity index is 2.33. The average Bonchev–Trinajstić information content (AvgIpc) is 2.00. The van der Waals surface area contributed by atoms with Crippen molar-refractivity contribution in [2.45, 2.75) is 24.5 Å². The lowest BCUT2D eigenvalue weighted by Crippen LogP contribution is -2.51. The van der Waals surface area contributed by atoms with Gasteiger partial charge in [0.1, 0.15) is 5.82 Å². The van der Waals surface area contributed by atoms with Crippen LogP contribution in [0.4, 0.5) is 4.39 Å². The molecule has 2 rings (SSSR count). The van der Waals surface area contributed by atoms with Crippen LogP contribution in [0.2, 0.25) is 0 Å². The molecule has 1 fully saturated rings. The predicted molar refractivity (Wildman–Crippen MR) is 55.2 cm³/mol. The largest absolute Gasteiger partial charge is 0.393 e. The van der Waals surface area contributed by atoms with E-state index in [9.17, 15) is 9.50 Å². The fourth-order valence-electron chi connectivity index (χ4n) is 1.89. The fraction of sp³-hybridized carbons (Fsp3) is 0.400. The zero-order valence-corrected chi connectivity index (χ0v) is 9.09. The lowest BCUT2D eigenvalue weighted by Gasteiger charge is -2.43. The number of aliphatic hydroxyl groups excluding tert-OH is 1. The van der Waals surface area contributed by atoms with Crippen molar-refractivity contribution >= 4 is 15.9 Å². The second-order valence-corrected chi connectivity index (χ2v) is 4.70. The van der Waals surface area contributed by atoms with Crippen LogP contribution < -0.4 is 5.73 Å². The molecule has 1 aliphatic rings. The number of hydrogen-bond donors (Lipinski definition) is 2. The zero-order chi connectivity index (χ0) is 10.3. The van der Waals surface area contributed by atoms with Gasteiger partial charge in [0.15, 0.2) is 0 Å². The fourth-order valence-corrected chi connectivity index (χ4v) is 2.64. The number of benzene rings is 1. The van der Waals surface area contributed by atoms with E-state index in [2.05, 4.69) is 15.9 Å². The molecular weight excluding hydrogens is 249 g/mol. The van der Waals surface area contributed by atoms with E-state index in [0.29, 0.717) is 17.3 Å². The number of nitrogens with two attached hydrogens (primary N) is 1. The molecule has 3 N–H and O–H groups in total. The molecule has 0 saturated heterocycles. The molecule has 1 aromatic rings. The third kappa shape index (κ3) is 1.58. The summed E-state index contributed by atoms with van der Waals surface area (Å²) in [6.07, 6.45) is 0.756. The Labute approximate surface area is 90.1 Å². The van der Waals surface area contributed by atoms with Crippen molar-refractivity contribution < 1.29 is 9.50 Å². The van der Waals surface area contributed by atoms with E-state index in [1.165, 1.54) is 12.1 Å². The molecule has 0 aliphatic heterocycles. The molecule has 1 aromatic carbocycles. The van der Waals surface area contributed by atoms with E-state index in [4.69, 9.17) is 5.73 Å². The van der Waals surface area contributed by atoms with Crippen LogP contribution in [0, 0.1) is 5.82 Å². The minimum Gasteiger partial charge on any atom is -0.393 e. The number of hydrogen-bond acceptors (Lipinski definition) is 2. The van der Waals surface area contributed by atoms with Gasteiger partial charge in [0, 0.05) is 10.0 Å². The molecule has 0 bridgehead atoms. The van der Waals surface area contributed by atoms with Gasteiger partial charge in [0.05, 0.1) is 6.10 Å². The minimum absolute atomic E-state index is 0.288. The van der Waals surface area contributed by atoms with Gasteiger partial charge in [-0.2, -0.15) is 0 Å². The Kier molecular flexibility index (Phi) is 2.37. The van der Waals surface area contributed by atoms with Crippen LogP contribution in [0.1, 0.15) is 18.4 Å². The van der Waals surface area contributed by atoms with E-state index in [1.54, 1.807) is 6.07 Å². The molecule has 0 heterocycles. The topological polar surface area (TPSA) is 46.2 Å². The quantitative estimate of drug-likeness (QED) is 0.810. The first-order chi connectivity index (χ1) is 6.51. The Morgan fingerprint density at radius 3 is 2.64 bits per heavy atom. The van der Waals surface area contributed by atoms with E-state index < -0.39 is 5.54 Å². The van der Waals surface area contributed by atoms with E-state index in [1.807, 2.05) is 0 Å². The molecule has 0 aromatic heterocycles. The average molecular weight is 260 g/mol. The molecule has 0 unspecified atom stereocenters. The van der Waals surface area contributed by atoms with E-state index in [-0.39, 0.29) is 11.9 Å². The first kappa shape index (κ1) is 10.1. The van der Waals surface area contributed by atoms with Gasteiger partial charge in [-0.25, -0.2) is 4.39 Å². The Morgan fingerprint density at radius 2 is 2.14 bits per heavy atom. The molecule has 1 saturated carbocycles. The van der Waals surface area contributed by atoms with Crippen LogP contribution >= 0.6 is 15.9 Å². The molecule has 76 valence electrons. The van der Waals surface area contributed by atoms with E-state index in [0.717, 1.165) is 5.56 Å². The van der Waals surface area contributed by atoms with Crippen molar-refractivity contribution in [3.63, 3.8) is 0 Å². The highest BCUT2D eigenvalue weighted by molar-refractivity contribution is 9.10. The first-order valence-electron chi connectivity index (χ1n) is 4.44. The third-order valence-corrected chi connectivity index (χ3v) is 3.32. The maximum atomic E-state index is 12.8. The van der Waals surface area contributed by atoms with Gasteiger partial charge in [-0.15, -0.1) is 0 Å². The van der Waals surface area contributed by atoms with Crippen molar-refractivity contribution in [3.05, 3.63) is 34.1 Å². The molecule has 14 heavy (non-hydrogen) atoms. The Morgan fingerprint density at radius 1 is 1.50 bits per heavy atom. The summed E-state index contributed by atoms with van der Waals surface area (Å²) in [5.74, 6) is -0.288. The summed E-state index contributed by atoms with van der Waals surface area (Å²) in [7, 11) is 0. The van der Waals surface area contributed by atoms with Crippen molar-refractivity contribution in [1.82, 2.24) is 0 Å². The number of rotatable bonds is 1. The van der Waals surface area contributed by atoms with Crippen molar-refractivity contribution in [2.75, 3.05) is 0 Å². The summed E-state index contributed by atoms with van der Waals surface area (Å²) < 4.78 is 13.5. The van der Waals surface area contributed by atoms with Crippen LogP contribution in [0.3, 0.4) is 0 Å². The molecule has 0 amide bonds. The highest BCUT2D eigenvalue weighted by atomic mass is 79.9. The van der Waals surface area contributed by atoms with Gasteiger partial charge in [-0.1, -0.05) is 22.0 Å². The van der Waals surface area contributed by atoms with E-state index >= 15 is 0 Å².